The van der Waals surface area contributed by atoms with Crippen molar-refractivity contribution in [3.8, 4) is 6.07 Å². The van der Waals surface area contributed by atoms with Crippen LogP contribution in [-0.2, 0) is 14.6 Å². The minimum absolute atomic E-state index is 0.0405. The minimum atomic E-state index is -3.00. The smallest absolute Gasteiger partial charge is 0.263 e. The summed E-state index contributed by atoms with van der Waals surface area (Å²) in [5.74, 6) is -0.00253. The van der Waals surface area contributed by atoms with Crippen LogP contribution < -0.4 is 5.32 Å². The molecule has 20 heavy (non-hydrogen) atoms. The second kappa shape index (κ2) is 7.50. The number of alkyl halides is 1. The van der Waals surface area contributed by atoms with Crippen LogP contribution in [0, 0.1) is 11.3 Å². The molecule has 1 saturated heterocycles. The maximum absolute atomic E-state index is 11.7. The predicted octanol–water partition coefficient (Wildman–Crippen LogP) is 0.258. The van der Waals surface area contributed by atoms with E-state index in [1.54, 1.807) is 4.90 Å². The van der Waals surface area contributed by atoms with E-state index in [-0.39, 0.29) is 35.5 Å². The van der Waals surface area contributed by atoms with Crippen LogP contribution in [0.25, 0.3) is 0 Å². The molecule has 1 unspecified atom stereocenters. The Kier molecular flexibility index (Phi) is 6.30. The van der Waals surface area contributed by atoms with E-state index in [1.807, 2.05) is 13.0 Å². The Labute approximate surface area is 124 Å². The molecule has 1 rings (SSSR count). The van der Waals surface area contributed by atoms with E-state index in [4.69, 9.17) is 16.9 Å². The van der Waals surface area contributed by atoms with E-state index in [1.165, 1.54) is 6.20 Å². The lowest BCUT2D eigenvalue weighted by molar-refractivity contribution is -0.117. The molecule has 0 bridgehead atoms. The van der Waals surface area contributed by atoms with E-state index in [9.17, 15) is 13.2 Å². The summed E-state index contributed by atoms with van der Waals surface area (Å²) in [6.07, 6.45) is 1.96. The summed E-state index contributed by atoms with van der Waals surface area (Å²) in [4.78, 5) is 13.5. The monoisotopic (exact) mass is 319 g/mol. The van der Waals surface area contributed by atoms with Crippen LogP contribution in [-0.4, -0.2) is 55.7 Å². The second-order valence-electron chi connectivity index (χ2n) is 4.49. The zero-order valence-electron chi connectivity index (χ0n) is 11.3. The number of carbonyl (C=O) groups excluding carboxylic acids is 1. The van der Waals surface area contributed by atoms with Gasteiger partial charge in [0.05, 0.1) is 11.5 Å². The molecule has 0 radical (unpaired) electrons. The van der Waals surface area contributed by atoms with Crippen molar-refractivity contribution < 1.29 is 13.2 Å². The van der Waals surface area contributed by atoms with Crippen LogP contribution in [0.2, 0.25) is 0 Å². The highest BCUT2D eigenvalue weighted by molar-refractivity contribution is 7.91. The molecule has 0 spiro atoms. The summed E-state index contributed by atoms with van der Waals surface area (Å²) < 4.78 is 23.0. The van der Waals surface area contributed by atoms with Crippen molar-refractivity contribution in [1.82, 2.24) is 10.2 Å². The number of carbonyl (C=O) groups is 1. The molecule has 1 aliphatic rings. The maximum atomic E-state index is 11.7. The lowest BCUT2D eigenvalue weighted by Crippen LogP contribution is -2.34. The highest BCUT2D eigenvalue weighted by Crippen LogP contribution is 2.18. The number of halogens is 1. The molecule has 1 heterocycles. The Bertz CT molecular complexity index is 525. The van der Waals surface area contributed by atoms with Gasteiger partial charge in [0.25, 0.3) is 5.91 Å². The summed E-state index contributed by atoms with van der Waals surface area (Å²) >= 11 is 5.47. The largest absolute Gasteiger partial charge is 0.372 e. The molecule has 6 nitrogen and oxygen atoms in total. The van der Waals surface area contributed by atoms with Crippen molar-refractivity contribution in [2.75, 3.05) is 30.5 Å². The van der Waals surface area contributed by atoms with Crippen molar-refractivity contribution >= 4 is 27.3 Å². The normalized spacial score (nSPS) is 21.2. The van der Waals surface area contributed by atoms with Gasteiger partial charge in [0.15, 0.2) is 9.84 Å². The summed E-state index contributed by atoms with van der Waals surface area (Å²) in [5, 5.41) is 11.5. The number of hydrogen-bond donors (Lipinski definition) is 1. The third-order valence-corrected chi connectivity index (χ3v) is 5.02. The van der Waals surface area contributed by atoms with Gasteiger partial charge >= 0.3 is 0 Å². The van der Waals surface area contributed by atoms with Gasteiger partial charge in [-0.1, -0.05) is 0 Å². The quantitative estimate of drug-likeness (QED) is 0.431. The molecule has 0 aromatic heterocycles. The second-order valence-corrected chi connectivity index (χ2v) is 7.09. The third kappa shape index (κ3) is 4.69. The van der Waals surface area contributed by atoms with Crippen molar-refractivity contribution in [3.63, 3.8) is 0 Å². The molecule has 0 aromatic rings. The summed E-state index contributed by atoms with van der Waals surface area (Å²) in [7, 11) is -3.00. The first-order chi connectivity index (χ1) is 9.43. The Morgan fingerprint density at radius 1 is 1.60 bits per heavy atom. The summed E-state index contributed by atoms with van der Waals surface area (Å²) in [5.41, 5.74) is -0.0405. The zero-order valence-corrected chi connectivity index (χ0v) is 12.9. The van der Waals surface area contributed by atoms with Crippen molar-refractivity contribution in [3.05, 3.63) is 11.8 Å². The molecule has 1 fully saturated rings. The number of hydrogen-bond acceptors (Lipinski definition) is 5. The van der Waals surface area contributed by atoms with Crippen molar-refractivity contribution in [2.45, 2.75) is 19.4 Å². The van der Waals surface area contributed by atoms with E-state index >= 15 is 0 Å². The van der Waals surface area contributed by atoms with Crippen LogP contribution in [0.4, 0.5) is 0 Å². The number of nitrogens with one attached hydrogen (secondary N) is 1. The first-order valence-corrected chi connectivity index (χ1v) is 8.71. The number of rotatable bonds is 6. The van der Waals surface area contributed by atoms with Gasteiger partial charge in [-0.05, 0) is 13.3 Å². The lowest BCUT2D eigenvalue weighted by atomic mass is 10.2. The Morgan fingerprint density at radius 3 is 2.75 bits per heavy atom. The van der Waals surface area contributed by atoms with Gasteiger partial charge in [0.1, 0.15) is 11.6 Å². The SMILES string of the molecule is CCN(/C=C(/C#N)C(=O)NCCCl)C1CCS(=O)(=O)C1. The standard InChI is InChI=1S/C12H18ClN3O3S/c1-2-16(11-3-6-20(18,19)9-11)8-10(7-14)12(17)15-5-4-13/h8,11H,2-6,9H2,1H3,(H,15,17)/b10-8-. The molecular weight excluding hydrogens is 302 g/mol. The fourth-order valence-corrected chi connectivity index (χ4v) is 3.89. The van der Waals surface area contributed by atoms with E-state index in [2.05, 4.69) is 5.32 Å². The Balaban J connectivity index is 2.81. The highest BCUT2D eigenvalue weighted by Gasteiger charge is 2.31. The first kappa shape index (κ1) is 16.8. The van der Waals surface area contributed by atoms with E-state index in [0.29, 0.717) is 13.0 Å². The molecule has 1 N–H and O–H groups in total. The van der Waals surface area contributed by atoms with Crippen LogP contribution in [0.3, 0.4) is 0 Å². The average molecular weight is 320 g/mol. The molecule has 0 saturated carbocycles. The fourth-order valence-electron chi connectivity index (χ4n) is 2.05. The van der Waals surface area contributed by atoms with Gasteiger partial charge in [-0.25, -0.2) is 8.42 Å². The lowest BCUT2D eigenvalue weighted by Gasteiger charge is -2.25. The number of nitriles is 1. The van der Waals surface area contributed by atoms with Gasteiger partial charge in [-0.2, -0.15) is 5.26 Å². The average Bonchev–Trinajstić information content (AvgIpc) is 2.77. The third-order valence-electron chi connectivity index (χ3n) is 3.08. The predicted molar refractivity (Wildman–Crippen MR) is 76.9 cm³/mol. The van der Waals surface area contributed by atoms with Crippen molar-refractivity contribution in [1.29, 1.82) is 5.26 Å². The fraction of sp³-hybridized carbons (Fsp3) is 0.667. The highest BCUT2D eigenvalue weighted by atomic mass is 35.5. The molecule has 0 aromatic carbocycles. The van der Waals surface area contributed by atoms with Crippen LogP contribution in [0.15, 0.2) is 11.8 Å². The van der Waals surface area contributed by atoms with Crippen LogP contribution >= 0.6 is 11.6 Å². The molecule has 1 atom stereocenters. The number of nitrogens with zero attached hydrogens (tertiary/aromatic N) is 2. The molecule has 1 amide bonds. The van der Waals surface area contributed by atoms with Crippen molar-refractivity contribution in [2.24, 2.45) is 0 Å². The molecule has 8 heteroatoms. The van der Waals surface area contributed by atoms with Crippen LogP contribution in [0.1, 0.15) is 13.3 Å². The molecule has 1 aliphatic heterocycles. The minimum Gasteiger partial charge on any atom is -0.372 e. The molecule has 0 aliphatic carbocycles. The topological polar surface area (TPSA) is 90.3 Å². The summed E-state index contributed by atoms with van der Waals surface area (Å²) in [6, 6.07) is 1.66. The van der Waals surface area contributed by atoms with Gasteiger partial charge in [0.2, 0.25) is 0 Å². The first-order valence-electron chi connectivity index (χ1n) is 6.35. The number of amides is 1. The van der Waals surface area contributed by atoms with Gasteiger partial charge in [-0.3, -0.25) is 4.79 Å². The van der Waals surface area contributed by atoms with E-state index < -0.39 is 15.7 Å². The molecule has 112 valence electrons. The summed E-state index contributed by atoms with van der Waals surface area (Å²) in [6.45, 7) is 2.67. The van der Waals surface area contributed by atoms with Crippen LogP contribution in [0.5, 0.6) is 0 Å². The van der Waals surface area contributed by atoms with Gasteiger partial charge in [0, 0.05) is 31.2 Å². The zero-order chi connectivity index (χ0) is 15.2. The molecular formula is C12H18ClN3O3S. The van der Waals surface area contributed by atoms with Gasteiger partial charge < -0.3 is 10.2 Å². The van der Waals surface area contributed by atoms with E-state index in [0.717, 1.165) is 0 Å². The van der Waals surface area contributed by atoms with Gasteiger partial charge in [-0.15, -0.1) is 11.6 Å². The Morgan fingerprint density at radius 2 is 2.30 bits per heavy atom. The maximum Gasteiger partial charge on any atom is 0.263 e. The number of sulfone groups is 1. The Hall–Kier alpha value is -1.26.